The van der Waals surface area contributed by atoms with Gasteiger partial charge in [0.2, 0.25) is 5.91 Å². The molecule has 2 aromatic carbocycles. The van der Waals surface area contributed by atoms with E-state index in [-0.39, 0.29) is 22.6 Å². The van der Waals surface area contributed by atoms with E-state index in [1.165, 1.54) is 28.8 Å². The summed E-state index contributed by atoms with van der Waals surface area (Å²) in [6.07, 6.45) is 0. The van der Waals surface area contributed by atoms with E-state index >= 15 is 0 Å². The van der Waals surface area contributed by atoms with Gasteiger partial charge in [0.25, 0.3) is 17.2 Å². The average Bonchev–Trinajstić information content (AvgIpc) is 2.73. The molecule has 1 aromatic heterocycles. The fraction of sp³-hybridized carbons (Fsp3) is 0.111. The minimum absolute atomic E-state index is 0.0842. The van der Waals surface area contributed by atoms with Crippen LogP contribution in [0.25, 0.3) is 10.9 Å². The Kier molecular flexibility index (Phi) is 5.88. The van der Waals surface area contributed by atoms with Crippen molar-refractivity contribution in [2.24, 2.45) is 7.05 Å². The molecule has 0 aliphatic heterocycles. The van der Waals surface area contributed by atoms with Crippen molar-refractivity contribution in [3.8, 4) is 0 Å². The normalized spacial score (nSPS) is 10.5. The van der Waals surface area contributed by atoms with Gasteiger partial charge in [0, 0.05) is 24.7 Å². The second-order valence-electron chi connectivity index (χ2n) is 5.87. The van der Waals surface area contributed by atoms with E-state index in [0.717, 1.165) is 11.8 Å². The molecule has 3 aromatic rings. The van der Waals surface area contributed by atoms with E-state index < -0.39 is 16.7 Å². The number of nitrogens with one attached hydrogen (secondary N) is 2. The molecule has 29 heavy (non-hydrogen) atoms. The average molecular weight is 413 g/mol. The van der Waals surface area contributed by atoms with Gasteiger partial charge in [0.15, 0.2) is 5.16 Å². The Morgan fingerprint density at radius 3 is 2.52 bits per heavy atom. The van der Waals surface area contributed by atoms with Gasteiger partial charge in [-0.05, 0) is 24.3 Å². The number of benzene rings is 2. The number of hydrogen-bond donors (Lipinski definition) is 2. The first-order valence-electron chi connectivity index (χ1n) is 8.29. The Morgan fingerprint density at radius 2 is 1.83 bits per heavy atom. The molecule has 0 unspecified atom stereocenters. The van der Waals surface area contributed by atoms with Crippen LogP contribution < -0.4 is 16.4 Å². The second-order valence-corrected chi connectivity index (χ2v) is 6.81. The zero-order chi connectivity index (χ0) is 21.0. The molecule has 1 heterocycles. The number of carbonyl (C=O) groups is 2. The van der Waals surface area contributed by atoms with E-state index in [1.54, 1.807) is 31.3 Å². The number of para-hydroxylation sites is 1. The predicted molar refractivity (Wildman–Crippen MR) is 106 cm³/mol. The van der Waals surface area contributed by atoms with E-state index in [4.69, 9.17) is 0 Å². The third-order valence-electron chi connectivity index (χ3n) is 3.93. The lowest BCUT2D eigenvalue weighted by Gasteiger charge is -2.09. The Bertz CT molecular complexity index is 1160. The molecule has 2 amide bonds. The van der Waals surface area contributed by atoms with Gasteiger partial charge in [-0.25, -0.2) is 4.98 Å². The molecule has 0 spiro atoms. The molecule has 11 heteroatoms. The lowest BCUT2D eigenvalue weighted by atomic mass is 10.2. The number of carbonyl (C=O) groups excluding carboxylic acids is 2. The van der Waals surface area contributed by atoms with Gasteiger partial charge in [-0.1, -0.05) is 23.9 Å². The Morgan fingerprint density at radius 1 is 1.14 bits per heavy atom. The zero-order valence-corrected chi connectivity index (χ0v) is 15.9. The molecule has 2 N–H and O–H groups in total. The molecule has 0 atom stereocenters. The first-order valence-corrected chi connectivity index (χ1v) is 9.27. The van der Waals surface area contributed by atoms with Crippen LogP contribution in [-0.4, -0.2) is 32.0 Å². The Labute approximate surface area is 168 Å². The van der Waals surface area contributed by atoms with Crippen LogP contribution in [0.1, 0.15) is 10.4 Å². The smallest absolute Gasteiger partial charge is 0.269 e. The maximum atomic E-state index is 12.3. The fourth-order valence-electron chi connectivity index (χ4n) is 2.43. The number of nitro groups is 1. The summed E-state index contributed by atoms with van der Waals surface area (Å²) < 4.78 is 1.36. The number of fused-ring (bicyclic) bond motifs is 1. The van der Waals surface area contributed by atoms with Crippen LogP contribution in [0, 0.1) is 10.1 Å². The van der Waals surface area contributed by atoms with E-state index in [9.17, 15) is 24.5 Å². The van der Waals surface area contributed by atoms with Crippen LogP contribution in [0.2, 0.25) is 0 Å². The number of aromatic nitrogens is 2. The number of hydrogen-bond acceptors (Lipinski definition) is 7. The summed E-state index contributed by atoms with van der Waals surface area (Å²) in [6, 6.07) is 11.9. The van der Waals surface area contributed by atoms with Crippen LogP contribution in [-0.2, 0) is 11.8 Å². The third-order valence-corrected chi connectivity index (χ3v) is 4.96. The summed E-state index contributed by atoms with van der Waals surface area (Å²) in [7, 11) is 1.57. The van der Waals surface area contributed by atoms with Gasteiger partial charge in [-0.2, -0.15) is 0 Å². The molecular formula is C18H15N5O5S. The van der Waals surface area contributed by atoms with Crippen molar-refractivity contribution >= 4 is 40.2 Å². The maximum absolute atomic E-state index is 12.3. The molecule has 0 saturated carbocycles. The first-order chi connectivity index (χ1) is 13.9. The summed E-state index contributed by atoms with van der Waals surface area (Å²) in [5.74, 6) is -1.21. The zero-order valence-electron chi connectivity index (χ0n) is 15.1. The quantitative estimate of drug-likeness (QED) is 0.279. The van der Waals surface area contributed by atoms with Crippen LogP contribution in [0.15, 0.2) is 58.5 Å². The topological polar surface area (TPSA) is 136 Å². The number of thioether (sulfide) groups is 1. The number of amides is 2. The lowest BCUT2D eigenvalue weighted by Crippen LogP contribution is -2.42. The summed E-state index contributed by atoms with van der Waals surface area (Å²) in [6.45, 7) is 0. The number of hydrazine groups is 1. The highest BCUT2D eigenvalue weighted by Gasteiger charge is 2.13. The van der Waals surface area contributed by atoms with Crippen molar-refractivity contribution in [3.05, 3.63) is 74.6 Å². The van der Waals surface area contributed by atoms with Gasteiger partial charge in [-0.15, -0.1) is 0 Å². The number of nitro benzene ring substituents is 1. The number of nitrogens with zero attached hydrogens (tertiary/aromatic N) is 3. The lowest BCUT2D eigenvalue weighted by molar-refractivity contribution is -0.384. The standard InChI is InChI=1S/C18H15N5O5S/c1-22-17(26)13-4-2-3-5-14(13)19-18(22)29-10-15(24)20-21-16(25)11-6-8-12(9-7-11)23(27)28/h2-9H,10H2,1H3,(H,20,24)(H,21,25). The molecule has 0 saturated heterocycles. The highest BCUT2D eigenvalue weighted by Crippen LogP contribution is 2.16. The van der Waals surface area contributed by atoms with Crippen molar-refractivity contribution in [2.75, 3.05) is 5.75 Å². The predicted octanol–water partition coefficient (Wildman–Crippen LogP) is 1.40. The van der Waals surface area contributed by atoms with Gasteiger partial charge in [0.1, 0.15) is 0 Å². The molecule has 0 aliphatic rings. The summed E-state index contributed by atoms with van der Waals surface area (Å²) in [4.78, 5) is 50.8. The van der Waals surface area contributed by atoms with Gasteiger partial charge < -0.3 is 0 Å². The van der Waals surface area contributed by atoms with Crippen LogP contribution >= 0.6 is 11.8 Å². The molecule has 10 nitrogen and oxygen atoms in total. The highest BCUT2D eigenvalue weighted by atomic mass is 32.2. The minimum Gasteiger partial charge on any atom is -0.290 e. The summed E-state index contributed by atoms with van der Waals surface area (Å²) in [5, 5.41) is 11.5. The minimum atomic E-state index is -0.616. The van der Waals surface area contributed by atoms with Crippen molar-refractivity contribution in [1.82, 2.24) is 20.4 Å². The maximum Gasteiger partial charge on any atom is 0.269 e. The molecular weight excluding hydrogens is 398 g/mol. The fourth-order valence-corrected chi connectivity index (χ4v) is 3.20. The van der Waals surface area contributed by atoms with Gasteiger partial charge >= 0.3 is 0 Å². The SMILES string of the molecule is Cn1c(SCC(=O)NNC(=O)c2ccc([N+](=O)[O-])cc2)nc2ccccc2c1=O. The van der Waals surface area contributed by atoms with E-state index in [0.29, 0.717) is 16.1 Å². The molecule has 0 aliphatic carbocycles. The van der Waals surface area contributed by atoms with Crippen molar-refractivity contribution < 1.29 is 14.5 Å². The van der Waals surface area contributed by atoms with Crippen LogP contribution in [0.3, 0.4) is 0 Å². The van der Waals surface area contributed by atoms with Crippen LogP contribution in [0.5, 0.6) is 0 Å². The first kappa shape index (κ1) is 20.0. The molecule has 0 radical (unpaired) electrons. The number of rotatable bonds is 5. The molecule has 148 valence electrons. The molecule has 3 rings (SSSR count). The monoisotopic (exact) mass is 413 g/mol. The second kappa shape index (κ2) is 8.52. The van der Waals surface area contributed by atoms with Crippen molar-refractivity contribution in [1.29, 1.82) is 0 Å². The Balaban J connectivity index is 1.58. The van der Waals surface area contributed by atoms with Crippen molar-refractivity contribution in [2.45, 2.75) is 5.16 Å². The third kappa shape index (κ3) is 4.58. The van der Waals surface area contributed by atoms with Crippen molar-refractivity contribution in [3.63, 3.8) is 0 Å². The highest BCUT2D eigenvalue weighted by molar-refractivity contribution is 7.99. The summed E-state index contributed by atoms with van der Waals surface area (Å²) in [5.41, 5.74) is 4.81. The molecule has 0 fully saturated rings. The van der Waals surface area contributed by atoms with E-state index in [1.807, 2.05) is 0 Å². The van der Waals surface area contributed by atoms with Gasteiger partial charge in [0.05, 0.1) is 21.6 Å². The van der Waals surface area contributed by atoms with Crippen LogP contribution in [0.4, 0.5) is 5.69 Å². The van der Waals surface area contributed by atoms with E-state index in [2.05, 4.69) is 15.8 Å². The Hall–Kier alpha value is -3.73. The van der Waals surface area contributed by atoms with Gasteiger partial charge in [-0.3, -0.25) is 39.9 Å². The summed E-state index contributed by atoms with van der Waals surface area (Å²) >= 11 is 1.05. The largest absolute Gasteiger partial charge is 0.290 e. The number of non-ortho nitro benzene ring substituents is 1. The molecule has 0 bridgehead atoms.